The number of hydrogen-bond acceptors (Lipinski definition) is 3. The Balaban J connectivity index is 1.17. The lowest BCUT2D eigenvalue weighted by molar-refractivity contribution is 0.220. The SMILES string of the molecule is COc1ccc(C(O)c2ccc(Oc3ccc(C4(c5ccc(C)cc5)c5ccccc5-c5c4ccc4ccccc54)cc3)cc2)cc1. The molecule has 1 aliphatic rings. The average molecular weight is 611 g/mol. The average Bonchev–Trinajstić information content (AvgIpc) is 3.44. The van der Waals surface area contributed by atoms with Gasteiger partial charge in [-0.25, -0.2) is 0 Å². The van der Waals surface area contributed by atoms with E-state index in [4.69, 9.17) is 9.47 Å². The van der Waals surface area contributed by atoms with Crippen LogP contribution in [-0.4, -0.2) is 12.2 Å². The molecule has 0 aliphatic heterocycles. The molecule has 1 aliphatic carbocycles. The molecule has 2 atom stereocenters. The smallest absolute Gasteiger partial charge is 0.127 e. The lowest BCUT2D eigenvalue weighted by atomic mass is 9.67. The predicted molar refractivity (Wildman–Crippen MR) is 190 cm³/mol. The first kappa shape index (κ1) is 28.8. The molecule has 0 heterocycles. The lowest BCUT2D eigenvalue weighted by Gasteiger charge is -2.34. The molecule has 0 saturated carbocycles. The Kier molecular flexibility index (Phi) is 7.12. The minimum Gasteiger partial charge on any atom is -0.497 e. The van der Waals surface area contributed by atoms with Gasteiger partial charge in [0.05, 0.1) is 12.5 Å². The first-order valence-electron chi connectivity index (χ1n) is 16.0. The van der Waals surface area contributed by atoms with Crippen LogP contribution < -0.4 is 9.47 Å². The second-order valence-corrected chi connectivity index (χ2v) is 12.2. The fraction of sp³-hybridized carbons (Fsp3) is 0.0909. The molecular weight excluding hydrogens is 576 g/mol. The summed E-state index contributed by atoms with van der Waals surface area (Å²) in [7, 11) is 1.63. The zero-order valence-electron chi connectivity index (χ0n) is 26.4. The molecule has 0 amide bonds. The van der Waals surface area contributed by atoms with E-state index in [1.165, 1.54) is 49.7 Å². The summed E-state index contributed by atoms with van der Waals surface area (Å²) in [5.74, 6) is 2.22. The maximum atomic E-state index is 10.9. The highest BCUT2D eigenvalue weighted by Crippen LogP contribution is 2.57. The summed E-state index contributed by atoms with van der Waals surface area (Å²) in [6.07, 6.45) is -0.735. The molecule has 0 saturated heterocycles. The highest BCUT2D eigenvalue weighted by molar-refractivity contribution is 6.04. The summed E-state index contributed by atoms with van der Waals surface area (Å²) in [6.45, 7) is 2.14. The fourth-order valence-electron chi connectivity index (χ4n) is 7.25. The van der Waals surface area contributed by atoms with Crippen molar-refractivity contribution in [3.8, 4) is 28.4 Å². The van der Waals surface area contributed by atoms with Gasteiger partial charge in [-0.15, -0.1) is 0 Å². The summed E-state index contributed by atoms with van der Waals surface area (Å²) in [6, 6.07) is 54.7. The number of benzene rings is 7. The first-order chi connectivity index (χ1) is 23.1. The minimum atomic E-state index is -0.735. The van der Waals surface area contributed by atoms with E-state index in [0.717, 1.165) is 22.6 Å². The van der Waals surface area contributed by atoms with Gasteiger partial charge in [-0.1, -0.05) is 127 Å². The molecule has 7 aromatic rings. The molecule has 3 nitrogen and oxygen atoms in total. The van der Waals surface area contributed by atoms with Crippen LogP contribution in [0.1, 0.15) is 45.0 Å². The minimum absolute atomic E-state index is 0.485. The van der Waals surface area contributed by atoms with Gasteiger partial charge in [-0.05, 0) is 98.6 Å². The number of aliphatic hydroxyl groups is 1. The maximum absolute atomic E-state index is 10.9. The van der Waals surface area contributed by atoms with Crippen molar-refractivity contribution in [1.82, 2.24) is 0 Å². The van der Waals surface area contributed by atoms with Crippen molar-refractivity contribution in [3.63, 3.8) is 0 Å². The topological polar surface area (TPSA) is 38.7 Å². The molecule has 0 radical (unpaired) electrons. The van der Waals surface area contributed by atoms with Crippen molar-refractivity contribution in [2.24, 2.45) is 0 Å². The Morgan fingerprint density at radius 1 is 0.532 bits per heavy atom. The van der Waals surface area contributed by atoms with E-state index in [0.29, 0.717) is 5.75 Å². The zero-order chi connectivity index (χ0) is 32.0. The van der Waals surface area contributed by atoms with Gasteiger partial charge in [-0.2, -0.15) is 0 Å². The van der Waals surface area contributed by atoms with Gasteiger partial charge in [-0.3, -0.25) is 0 Å². The van der Waals surface area contributed by atoms with E-state index >= 15 is 0 Å². The van der Waals surface area contributed by atoms with Crippen LogP contribution in [0, 0.1) is 6.92 Å². The molecule has 0 bridgehead atoms. The maximum Gasteiger partial charge on any atom is 0.127 e. The lowest BCUT2D eigenvalue weighted by Crippen LogP contribution is -2.28. The van der Waals surface area contributed by atoms with Crippen molar-refractivity contribution >= 4 is 10.8 Å². The van der Waals surface area contributed by atoms with Crippen molar-refractivity contribution in [3.05, 3.63) is 197 Å². The van der Waals surface area contributed by atoms with Crippen molar-refractivity contribution in [2.45, 2.75) is 18.4 Å². The molecule has 228 valence electrons. The number of rotatable bonds is 7. The number of hydrogen-bond donors (Lipinski definition) is 1. The molecule has 0 aromatic heterocycles. The summed E-state index contributed by atoms with van der Waals surface area (Å²) in [5.41, 5.74) is 9.94. The van der Waals surface area contributed by atoms with Gasteiger partial charge in [0.25, 0.3) is 0 Å². The van der Waals surface area contributed by atoms with Crippen molar-refractivity contribution < 1.29 is 14.6 Å². The summed E-state index contributed by atoms with van der Waals surface area (Å²) in [4.78, 5) is 0. The Hall–Kier alpha value is -5.64. The molecule has 7 aromatic carbocycles. The van der Waals surface area contributed by atoms with E-state index < -0.39 is 11.5 Å². The largest absolute Gasteiger partial charge is 0.497 e. The van der Waals surface area contributed by atoms with Crippen LogP contribution in [0.3, 0.4) is 0 Å². The van der Waals surface area contributed by atoms with E-state index in [-0.39, 0.29) is 0 Å². The Morgan fingerprint density at radius 2 is 1.09 bits per heavy atom. The zero-order valence-corrected chi connectivity index (χ0v) is 26.4. The Morgan fingerprint density at radius 3 is 1.74 bits per heavy atom. The molecule has 1 N–H and O–H groups in total. The Labute approximate surface area is 275 Å². The van der Waals surface area contributed by atoms with Crippen LogP contribution in [-0.2, 0) is 5.41 Å². The molecule has 8 rings (SSSR count). The van der Waals surface area contributed by atoms with Crippen LogP contribution in [0.15, 0.2) is 158 Å². The van der Waals surface area contributed by atoms with E-state index in [1.807, 2.05) is 48.5 Å². The van der Waals surface area contributed by atoms with Crippen LogP contribution in [0.2, 0.25) is 0 Å². The third-order valence-corrected chi connectivity index (χ3v) is 9.57. The molecule has 3 heteroatoms. The van der Waals surface area contributed by atoms with Gasteiger partial charge in [0.15, 0.2) is 0 Å². The second-order valence-electron chi connectivity index (χ2n) is 12.2. The van der Waals surface area contributed by atoms with Gasteiger partial charge < -0.3 is 14.6 Å². The van der Waals surface area contributed by atoms with E-state index in [9.17, 15) is 5.11 Å². The highest BCUT2D eigenvalue weighted by Gasteiger charge is 2.46. The van der Waals surface area contributed by atoms with Crippen LogP contribution in [0.4, 0.5) is 0 Å². The molecule has 47 heavy (non-hydrogen) atoms. The molecular formula is C44H34O3. The van der Waals surface area contributed by atoms with E-state index in [1.54, 1.807) is 7.11 Å². The van der Waals surface area contributed by atoms with Gasteiger partial charge in [0, 0.05) is 0 Å². The normalized spacial score (nSPS) is 15.6. The number of fused-ring (bicyclic) bond motifs is 5. The van der Waals surface area contributed by atoms with E-state index in [2.05, 4.69) is 116 Å². The number of methoxy groups -OCH3 is 1. The third-order valence-electron chi connectivity index (χ3n) is 9.57. The number of aliphatic hydroxyl groups excluding tert-OH is 1. The third kappa shape index (κ3) is 4.79. The molecule has 0 fully saturated rings. The van der Waals surface area contributed by atoms with Crippen LogP contribution in [0.25, 0.3) is 21.9 Å². The van der Waals surface area contributed by atoms with Crippen LogP contribution in [0.5, 0.6) is 17.2 Å². The molecule has 2 unspecified atom stereocenters. The Bertz CT molecular complexity index is 2200. The molecule has 0 spiro atoms. The number of aryl methyl sites for hydroxylation is 1. The second kappa shape index (κ2) is 11.6. The summed E-state index contributed by atoms with van der Waals surface area (Å²) in [5, 5.41) is 13.4. The highest BCUT2D eigenvalue weighted by atomic mass is 16.5. The quantitative estimate of drug-likeness (QED) is 0.195. The number of ether oxygens (including phenoxy) is 2. The predicted octanol–water partition coefficient (Wildman–Crippen LogP) is 10.4. The van der Waals surface area contributed by atoms with Crippen molar-refractivity contribution in [1.29, 1.82) is 0 Å². The first-order valence-corrected chi connectivity index (χ1v) is 16.0. The standard InChI is InChI=1S/C44H34O3/c1-29-11-18-33(19-12-29)44(40-10-6-5-9-39(40)42-38-8-4-3-7-30(38)17-28-41(42)44)34-20-26-37(27-21-34)47-36-24-15-32(16-25-36)43(45)31-13-22-35(46-2)23-14-31/h3-28,43,45H,1-2H3. The van der Waals surface area contributed by atoms with Crippen LogP contribution >= 0.6 is 0 Å². The fourth-order valence-corrected chi connectivity index (χ4v) is 7.25. The monoisotopic (exact) mass is 610 g/mol. The summed E-state index contributed by atoms with van der Waals surface area (Å²) < 4.78 is 11.6. The van der Waals surface area contributed by atoms with Gasteiger partial charge in [0.1, 0.15) is 23.4 Å². The van der Waals surface area contributed by atoms with Gasteiger partial charge >= 0.3 is 0 Å². The summed E-state index contributed by atoms with van der Waals surface area (Å²) >= 11 is 0. The van der Waals surface area contributed by atoms with Gasteiger partial charge in [0.2, 0.25) is 0 Å². The van der Waals surface area contributed by atoms with Crippen molar-refractivity contribution in [2.75, 3.05) is 7.11 Å².